The summed E-state index contributed by atoms with van der Waals surface area (Å²) in [5.74, 6) is -1.41. The van der Waals surface area contributed by atoms with Crippen molar-refractivity contribution in [3.63, 3.8) is 0 Å². The second-order valence-electron chi connectivity index (χ2n) is 4.66. The molecule has 0 bridgehead atoms. The molecule has 106 valence electrons. The molecule has 7 heteroatoms. The summed E-state index contributed by atoms with van der Waals surface area (Å²) in [6, 6.07) is 7.29. The Morgan fingerprint density at radius 2 is 2.05 bits per heavy atom. The average molecular weight is 285 g/mol. The molecule has 0 atom stereocenters. The number of benzene rings is 1. The molecule has 1 aliphatic rings. The van der Waals surface area contributed by atoms with Gasteiger partial charge in [-0.3, -0.25) is 9.59 Å². The van der Waals surface area contributed by atoms with E-state index in [0.29, 0.717) is 18.7 Å². The normalized spacial score (nSPS) is 13.0. The zero-order valence-electron chi connectivity index (χ0n) is 10.9. The summed E-state index contributed by atoms with van der Waals surface area (Å²) in [6.07, 6.45) is 0.657. The molecule has 0 unspecified atom stereocenters. The number of anilines is 1. The van der Waals surface area contributed by atoms with Gasteiger partial charge in [0.1, 0.15) is 5.69 Å². The van der Waals surface area contributed by atoms with Crippen LogP contribution in [0.5, 0.6) is 0 Å². The van der Waals surface area contributed by atoms with Crippen molar-refractivity contribution < 1.29 is 14.7 Å². The van der Waals surface area contributed by atoms with Crippen molar-refractivity contribution in [2.24, 2.45) is 0 Å². The lowest BCUT2D eigenvalue weighted by Gasteiger charge is -2.16. The Labute approximate surface area is 118 Å². The zero-order chi connectivity index (χ0) is 15.0. The predicted octanol–water partition coefficient (Wildman–Crippen LogP) is 0.671. The van der Waals surface area contributed by atoms with Crippen molar-refractivity contribution in [2.45, 2.75) is 6.42 Å². The van der Waals surface area contributed by atoms with E-state index in [9.17, 15) is 14.4 Å². The van der Waals surface area contributed by atoms with E-state index in [0.717, 1.165) is 5.56 Å². The molecule has 2 aromatic rings. The number of carboxylic acids is 1. The second-order valence-corrected chi connectivity index (χ2v) is 4.66. The zero-order valence-corrected chi connectivity index (χ0v) is 10.9. The van der Waals surface area contributed by atoms with Crippen LogP contribution in [0.25, 0.3) is 0 Å². The Balaban J connectivity index is 1.98. The molecule has 0 spiro atoms. The topological polar surface area (TPSA) is 103 Å². The molecule has 3 rings (SSSR count). The van der Waals surface area contributed by atoms with Gasteiger partial charge >= 0.3 is 5.97 Å². The summed E-state index contributed by atoms with van der Waals surface area (Å²) in [6.45, 7) is 0.456. The van der Waals surface area contributed by atoms with E-state index in [1.54, 1.807) is 6.07 Å². The Bertz CT molecular complexity index is 777. The van der Waals surface area contributed by atoms with Gasteiger partial charge in [-0.1, -0.05) is 6.07 Å². The van der Waals surface area contributed by atoms with Crippen molar-refractivity contribution in [3.05, 3.63) is 57.5 Å². The fourth-order valence-corrected chi connectivity index (χ4v) is 2.33. The van der Waals surface area contributed by atoms with Gasteiger partial charge in [-0.25, -0.2) is 9.89 Å². The number of nitrogens with zero attached hydrogens (tertiary/aromatic N) is 2. The van der Waals surface area contributed by atoms with Crippen LogP contribution in [-0.4, -0.2) is 33.7 Å². The summed E-state index contributed by atoms with van der Waals surface area (Å²) in [7, 11) is 0. The summed E-state index contributed by atoms with van der Waals surface area (Å²) < 4.78 is 0. The van der Waals surface area contributed by atoms with Gasteiger partial charge < -0.3 is 10.0 Å². The maximum atomic E-state index is 12.4. The van der Waals surface area contributed by atoms with Crippen LogP contribution in [0.1, 0.15) is 26.4 Å². The van der Waals surface area contributed by atoms with Crippen molar-refractivity contribution in [1.29, 1.82) is 0 Å². The molecule has 1 aromatic carbocycles. The van der Waals surface area contributed by atoms with E-state index < -0.39 is 5.97 Å². The number of amides is 1. The van der Waals surface area contributed by atoms with Crippen LogP contribution in [-0.2, 0) is 6.42 Å². The molecule has 1 aromatic heterocycles. The molecule has 1 amide bonds. The predicted molar refractivity (Wildman–Crippen MR) is 73.6 cm³/mol. The highest BCUT2D eigenvalue weighted by Crippen LogP contribution is 2.30. The fraction of sp³-hybridized carbons (Fsp3) is 0.143. The third kappa shape index (κ3) is 2.29. The lowest BCUT2D eigenvalue weighted by molar-refractivity contribution is 0.0696. The highest BCUT2D eigenvalue weighted by Gasteiger charge is 2.27. The molecule has 0 aliphatic carbocycles. The molecule has 0 saturated heterocycles. The van der Waals surface area contributed by atoms with Crippen molar-refractivity contribution in [1.82, 2.24) is 10.2 Å². The molecule has 0 fully saturated rings. The minimum absolute atomic E-state index is 0.114. The summed E-state index contributed by atoms with van der Waals surface area (Å²) >= 11 is 0. The van der Waals surface area contributed by atoms with Crippen LogP contribution in [0.3, 0.4) is 0 Å². The number of hydrogen-bond donors (Lipinski definition) is 2. The number of carboxylic acid groups (broad SMARTS) is 1. The molecule has 2 heterocycles. The molecule has 7 nitrogen and oxygen atoms in total. The third-order valence-electron chi connectivity index (χ3n) is 3.37. The van der Waals surface area contributed by atoms with Crippen LogP contribution >= 0.6 is 0 Å². The smallest absolute Gasteiger partial charge is 0.335 e. The number of hydrogen-bond acceptors (Lipinski definition) is 4. The van der Waals surface area contributed by atoms with Crippen molar-refractivity contribution in [3.8, 4) is 0 Å². The fourth-order valence-electron chi connectivity index (χ4n) is 2.33. The first kappa shape index (κ1) is 13.0. The Morgan fingerprint density at radius 3 is 2.71 bits per heavy atom. The van der Waals surface area contributed by atoms with E-state index in [1.165, 1.54) is 29.2 Å². The van der Waals surface area contributed by atoms with Gasteiger partial charge in [0.05, 0.1) is 5.56 Å². The van der Waals surface area contributed by atoms with E-state index in [1.807, 2.05) is 0 Å². The Hall–Kier alpha value is -2.96. The first-order valence-electron chi connectivity index (χ1n) is 6.30. The first-order valence-corrected chi connectivity index (χ1v) is 6.30. The molecular weight excluding hydrogens is 274 g/mol. The molecule has 2 N–H and O–H groups in total. The molecule has 21 heavy (non-hydrogen) atoms. The average Bonchev–Trinajstić information content (AvgIpc) is 2.90. The number of nitrogens with one attached hydrogen (secondary N) is 1. The lowest BCUT2D eigenvalue weighted by atomic mass is 10.1. The monoisotopic (exact) mass is 285 g/mol. The lowest BCUT2D eigenvalue weighted by Crippen LogP contribution is -2.30. The van der Waals surface area contributed by atoms with Crippen LogP contribution in [0, 0.1) is 0 Å². The van der Waals surface area contributed by atoms with Crippen molar-refractivity contribution in [2.75, 3.05) is 11.4 Å². The van der Waals surface area contributed by atoms with E-state index in [4.69, 9.17) is 5.11 Å². The van der Waals surface area contributed by atoms with Crippen LogP contribution in [0.2, 0.25) is 0 Å². The number of aromatic nitrogens is 2. The van der Waals surface area contributed by atoms with Crippen LogP contribution in [0.15, 0.2) is 35.1 Å². The Morgan fingerprint density at radius 1 is 1.24 bits per heavy atom. The van der Waals surface area contributed by atoms with Gasteiger partial charge in [-0.15, -0.1) is 0 Å². The molecule has 1 aliphatic heterocycles. The number of carbonyl (C=O) groups is 2. The molecular formula is C14H11N3O4. The van der Waals surface area contributed by atoms with Gasteiger partial charge in [-0.05, 0) is 30.2 Å². The van der Waals surface area contributed by atoms with Gasteiger partial charge in [0.25, 0.3) is 11.5 Å². The number of carbonyl (C=O) groups excluding carboxylic acids is 1. The standard InChI is InChI=1S/C14H11N3O4/c18-12-4-3-10(15-16-12)13(19)17-6-5-8-1-2-9(14(20)21)7-11(8)17/h1-4,7H,5-6H2,(H,16,18)(H,20,21). The maximum Gasteiger partial charge on any atom is 0.335 e. The number of rotatable bonds is 2. The molecule has 0 saturated carbocycles. The van der Waals surface area contributed by atoms with Gasteiger partial charge in [-0.2, -0.15) is 5.10 Å². The van der Waals surface area contributed by atoms with Gasteiger partial charge in [0.15, 0.2) is 0 Å². The summed E-state index contributed by atoms with van der Waals surface area (Å²) in [4.78, 5) is 35.9. The largest absolute Gasteiger partial charge is 0.478 e. The third-order valence-corrected chi connectivity index (χ3v) is 3.37. The van der Waals surface area contributed by atoms with E-state index >= 15 is 0 Å². The number of fused-ring (bicyclic) bond motifs is 1. The van der Waals surface area contributed by atoms with Crippen LogP contribution < -0.4 is 10.5 Å². The van der Waals surface area contributed by atoms with E-state index in [2.05, 4.69) is 10.2 Å². The van der Waals surface area contributed by atoms with Crippen LogP contribution in [0.4, 0.5) is 5.69 Å². The minimum atomic E-state index is -1.04. The van der Waals surface area contributed by atoms with Gasteiger partial charge in [0, 0.05) is 18.3 Å². The Kier molecular flexibility index (Phi) is 3.02. The molecule has 0 radical (unpaired) electrons. The van der Waals surface area contributed by atoms with Gasteiger partial charge in [0.2, 0.25) is 0 Å². The summed E-state index contributed by atoms with van der Waals surface area (Å²) in [5, 5.41) is 15.0. The first-order chi connectivity index (χ1) is 10.1. The minimum Gasteiger partial charge on any atom is -0.478 e. The maximum absolute atomic E-state index is 12.4. The quantitative estimate of drug-likeness (QED) is 0.844. The number of aromatic carboxylic acids is 1. The SMILES string of the molecule is O=C(O)c1ccc2c(c1)N(C(=O)c1ccc(=O)[nH]n1)CC2. The second kappa shape index (κ2) is 4.86. The highest BCUT2D eigenvalue weighted by molar-refractivity contribution is 6.06. The highest BCUT2D eigenvalue weighted by atomic mass is 16.4. The van der Waals surface area contributed by atoms with Crippen molar-refractivity contribution >= 4 is 17.6 Å². The number of aromatic amines is 1. The number of H-pyrrole nitrogens is 1. The summed E-state index contributed by atoms with van der Waals surface area (Å²) in [5.41, 5.74) is 1.35. The van der Waals surface area contributed by atoms with E-state index in [-0.39, 0.29) is 22.7 Å².